The highest BCUT2D eigenvalue weighted by Crippen LogP contribution is 2.38. The lowest BCUT2D eigenvalue weighted by molar-refractivity contribution is -0.143. The second-order valence-corrected chi connectivity index (χ2v) is 8.12. The molecule has 38 heavy (non-hydrogen) atoms. The van der Waals surface area contributed by atoms with E-state index in [-0.39, 0.29) is 17.8 Å². The lowest BCUT2D eigenvalue weighted by Gasteiger charge is -2.15. The predicted octanol–water partition coefficient (Wildman–Crippen LogP) is 6.90. The molecule has 0 saturated carbocycles. The summed E-state index contributed by atoms with van der Waals surface area (Å²) in [7, 11) is 0. The van der Waals surface area contributed by atoms with Crippen LogP contribution in [0.4, 0.5) is 42.8 Å². The first-order valence-corrected chi connectivity index (χ1v) is 10.8. The van der Waals surface area contributed by atoms with E-state index in [1.807, 2.05) is 5.32 Å². The minimum absolute atomic E-state index is 0.0449. The Bertz CT molecular complexity index is 1440. The van der Waals surface area contributed by atoms with Gasteiger partial charge < -0.3 is 10.4 Å². The number of halogens is 6. The number of pyridine rings is 1. The van der Waals surface area contributed by atoms with Gasteiger partial charge in [0.25, 0.3) is 0 Å². The van der Waals surface area contributed by atoms with Crippen molar-refractivity contribution in [2.75, 3.05) is 10.6 Å². The van der Waals surface area contributed by atoms with E-state index in [1.165, 1.54) is 30.7 Å². The number of hydrogen-bond donors (Lipinski definition) is 3. The summed E-state index contributed by atoms with van der Waals surface area (Å²) in [4.78, 5) is 24.8. The van der Waals surface area contributed by atoms with Gasteiger partial charge in [0.15, 0.2) is 0 Å². The summed E-state index contributed by atoms with van der Waals surface area (Å²) >= 11 is 0. The number of amides is 2. The van der Waals surface area contributed by atoms with E-state index in [2.05, 4.69) is 20.3 Å². The number of hydrogen-bond acceptors (Lipinski definition) is 5. The summed E-state index contributed by atoms with van der Waals surface area (Å²) in [5.41, 5.74) is -1.26. The van der Waals surface area contributed by atoms with Crippen LogP contribution in [0.15, 0.2) is 67.1 Å². The van der Waals surface area contributed by atoms with Gasteiger partial charge >= 0.3 is 18.4 Å². The Kier molecular flexibility index (Phi) is 6.94. The van der Waals surface area contributed by atoms with Crippen molar-refractivity contribution >= 4 is 17.7 Å². The fraction of sp³-hybridized carbons (Fsp3) is 0.120. The second kappa shape index (κ2) is 10.00. The Morgan fingerprint density at radius 2 is 1.47 bits per heavy atom. The molecule has 0 aliphatic rings. The number of carbonyl (C=O) groups is 1. The summed E-state index contributed by atoms with van der Waals surface area (Å²) in [6.45, 7) is 1.74. The molecule has 0 bridgehead atoms. The van der Waals surface area contributed by atoms with Gasteiger partial charge in [-0.2, -0.15) is 26.3 Å². The highest BCUT2D eigenvalue weighted by Gasteiger charge is 2.37. The molecule has 0 atom stereocenters. The third kappa shape index (κ3) is 6.17. The lowest BCUT2D eigenvalue weighted by Crippen LogP contribution is -2.22. The highest BCUT2D eigenvalue weighted by atomic mass is 19.4. The summed E-state index contributed by atoms with van der Waals surface area (Å²) in [6, 6.07) is 7.58. The summed E-state index contributed by atoms with van der Waals surface area (Å²) in [5.74, 6) is -0.337. The molecule has 4 aromatic rings. The fourth-order valence-electron chi connectivity index (χ4n) is 3.60. The molecule has 4 rings (SSSR count). The average molecular weight is 533 g/mol. The zero-order valence-corrected chi connectivity index (χ0v) is 19.3. The quantitative estimate of drug-likeness (QED) is 0.248. The van der Waals surface area contributed by atoms with Crippen LogP contribution in [0, 0.1) is 6.92 Å². The Hall–Kier alpha value is -4.68. The molecule has 7 nitrogen and oxygen atoms in total. The molecule has 0 aliphatic carbocycles. The van der Waals surface area contributed by atoms with Gasteiger partial charge in [-0.15, -0.1) is 0 Å². The Morgan fingerprint density at radius 1 is 0.842 bits per heavy atom. The van der Waals surface area contributed by atoms with Crippen LogP contribution in [-0.4, -0.2) is 26.1 Å². The number of benzene rings is 2. The third-order valence-corrected chi connectivity index (χ3v) is 5.19. The van der Waals surface area contributed by atoms with Crippen LogP contribution < -0.4 is 10.6 Å². The number of phenols is 1. The van der Waals surface area contributed by atoms with Gasteiger partial charge in [0.1, 0.15) is 5.75 Å². The van der Waals surface area contributed by atoms with E-state index in [1.54, 1.807) is 25.1 Å². The van der Waals surface area contributed by atoms with Crippen molar-refractivity contribution in [2.45, 2.75) is 19.3 Å². The molecule has 2 heterocycles. The average Bonchev–Trinajstić information content (AvgIpc) is 2.82. The number of urea groups is 1. The molecule has 2 aromatic carbocycles. The molecule has 13 heteroatoms. The van der Waals surface area contributed by atoms with Crippen LogP contribution in [-0.2, 0) is 12.4 Å². The molecular weight excluding hydrogens is 516 g/mol. The number of aryl methyl sites for hydroxylation is 1. The normalized spacial score (nSPS) is 11.8. The van der Waals surface area contributed by atoms with E-state index < -0.39 is 35.2 Å². The molecule has 2 aromatic heterocycles. The maximum atomic E-state index is 13.1. The summed E-state index contributed by atoms with van der Waals surface area (Å²) in [6.07, 6.45) is -5.70. The lowest BCUT2D eigenvalue weighted by atomic mass is 10.00. The van der Waals surface area contributed by atoms with Gasteiger partial charge in [-0.05, 0) is 66.6 Å². The van der Waals surface area contributed by atoms with Crippen molar-refractivity contribution < 1.29 is 36.2 Å². The number of alkyl halides is 6. The Labute approximate surface area is 211 Å². The minimum Gasteiger partial charge on any atom is -0.508 e. The number of rotatable bonds is 4. The summed E-state index contributed by atoms with van der Waals surface area (Å²) < 4.78 is 78.7. The largest absolute Gasteiger partial charge is 0.508 e. The number of nitrogens with zero attached hydrogens (tertiary/aromatic N) is 3. The van der Waals surface area contributed by atoms with E-state index in [4.69, 9.17) is 0 Å². The number of aromatic hydroxyl groups is 1. The van der Waals surface area contributed by atoms with E-state index >= 15 is 0 Å². The number of anilines is 2. The van der Waals surface area contributed by atoms with E-state index in [9.17, 15) is 36.2 Å². The number of aromatic nitrogens is 3. The highest BCUT2D eigenvalue weighted by molar-refractivity contribution is 5.99. The van der Waals surface area contributed by atoms with Gasteiger partial charge in [0, 0.05) is 35.4 Å². The minimum atomic E-state index is -5.08. The van der Waals surface area contributed by atoms with Crippen molar-refractivity contribution in [1.29, 1.82) is 0 Å². The topological polar surface area (TPSA) is 100 Å². The van der Waals surface area contributed by atoms with Crippen LogP contribution in [0.3, 0.4) is 0 Å². The van der Waals surface area contributed by atoms with Crippen molar-refractivity contribution in [3.8, 4) is 28.1 Å². The SMILES string of the molecule is Cc1cc(O)cc(-c2nc(NC(=O)Nc3cc(C(F)(F)F)cc(C(F)(F)F)c3)ncc2-c2ccncc2)c1. The first-order valence-electron chi connectivity index (χ1n) is 10.8. The maximum absolute atomic E-state index is 13.1. The van der Waals surface area contributed by atoms with Crippen LogP contribution >= 0.6 is 0 Å². The van der Waals surface area contributed by atoms with Crippen molar-refractivity contribution in [3.05, 3.63) is 83.8 Å². The van der Waals surface area contributed by atoms with Crippen molar-refractivity contribution in [3.63, 3.8) is 0 Å². The predicted molar refractivity (Wildman–Crippen MR) is 126 cm³/mol. The smallest absolute Gasteiger partial charge is 0.416 e. The first-order chi connectivity index (χ1) is 17.8. The number of carbonyl (C=O) groups excluding carboxylic acids is 1. The van der Waals surface area contributed by atoms with Crippen LogP contribution in [0.25, 0.3) is 22.4 Å². The Morgan fingerprint density at radius 3 is 2.05 bits per heavy atom. The first kappa shape index (κ1) is 26.4. The molecule has 0 radical (unpaired) electrons. The standard InChI is InChI=1S/C25H17F6N5O2/c1-13-6-15(8-19(37)7-13)21-20(14-2-4-32-5-3-14)12-33-22(35-21)36-23(38)34-18-10-16(24(26,27)28)9-17(11-18)25(29,30)31/h2-12,37H,1H3,(H2,33,34,35,36,38). The Balaban J connectivity index is 1.68. The van der Waals surface area contributed by atoms with Gasteiger partial charge in [0.05, 0.1) is 16.8 Å². The van der Waals surface area contributed by atoms with Crippen LogP contribution in [0.5, 0.6) is 5.75 Å². The second-order valence-electron chi connectivity index (χ2n) is 8.12. The zero-order chi connectivity index (χ0) is 27.7. The molecule has 3 N–H and O–H groups in total. The van der Waals surface area contributed by atoms with Crippen molar-refractivity contribution in [1.82, 2.24) is 15.0 Å². The van der Waals surface area contributed by atoms with Gasteiger partial charge in [0.2, 0.25) is 5.95 Å². The molecular formula is C25H17F6N5O2. The van der Waals surface area contributed by atoms with E-state index in [0.717, 1.165) is 0 Å². The molecule has 0 saturated heterocycles. The molecule has 0 aliphatic heterocycles. The zero-order valence-electron chi connectivity index (χ0n) is 19.3. The number of nitrogens with one attached hydrogen (secondary N) is 2. The molecule has 196 valence electrons. The summed E-state index contributed by atoms with van der Waals surface area (Å²) in [5, 5.41) is 14.2. The van der Waals surface area contributed by atoms with Gasteiger partial charge in [-0.1, -0.05) is 0 Å². The third-order valence-electron chi connectivity index (χ3n) is 5.19. The van der Waals surface area contributed by atoms with E-state index in [0.29, 0.717) is 40.1 Å². The molecule has 0 fully saturated rings. The molecule has 0 unspecified atom stereocenters. The van der Waals surface area contributed by atoms with Gasteiger partial charge in [-0.25, -0.2) is 14.8 Å². The fourth-order valence-corrected chi connectivity index (χ4v) is 3.60. The van der Waals surface area contributed by atoms with Crippen LogP contribution in [0.1, 0.15) is 16.7 Å². The monoisotopic (exact) mass is 533 g/mol. The molecule has 2 amide bonds. The maximum Gasteiger partial charge on any atom is 0.416 e. The van der Waals surface area contributed by atoms with Crippen LogP contribution in [0.2, 0.25) is 0 Å². The van der Waals surface area contributed by atoms with Gasteiger partial charge in [-0.3, -0.25) is 10.3 Å². The number of phenolic OH excluding ortho intramolecular Hbond substituents is 1. The molecule has 0 spiro atoms. The van der Waals surface area contributed by atoms with Crippen molar-refractivity contribution in [2.24, 2.45) is 0 Å².